The number of esters is 1. The van der Waals surface area contributed by atoms with Crippen LogP contribution in [-0.2, 0) is 30.5 Å². The molecule has 0 amide bonds. The average molecular weight is 393 g/mol. The molecule has 138 valence electrons. The third kappa shape index (κ3) is 3.26. The van der Waals surface area contributed by atoms with Crippen LogP contribution < -0.4 is 0 Å². The fourth-order valence-corrected chi connectivity index (χ4v) is 6.01. The third-order valence-electron chi connectivity index (χ3n) is 4.91. The number of ether oxygens (including phenoxy) is 1. The van der Waals surface area contributed by atoms with Gasteiger partial charge in [0.05, 0.1) is 17.9 Å². The van der Waals surface area contributed by atoms with Crippen molar-refractivity contribution in [3.8, 4) is 0 Å². The van der Waals surface area contributed by atoms with E-state index >= 15 is 0 Å². The first-order chi connectivity index (χ1) is 12.4. The van der Waals surface area contributed by atoms with E-state index in [9.17, 15) is 13.2 Å². The van der Waals surface area contributed by atoms with Gasteiger partial charge >= 0.3 is 5.97 Å². The third-order valence-corrected chi connectivity index (χ3v) is 7.65. The van der Waals surface area contributed by atoms with Crippen molar-refractivity contribution in [2.75, 3.05) is 6.61 Å². The summed E-state index contributed by atoms with van der Waals surface area (Å²) in [6, 6.07) is 13.6. The minimum Gasteiger partial charge on any atom is -0.466 e. The van der Waals surface area contributed by atoms with Gasteiger partial charge in [0.15, 0.2) is 9.84 Å². The van der Waals surface area contributed by atoms with Crippen LogP contribution in [0.1, 0.15) is 37.3 Å². The van der Waals surface area contributed by atoms with Crippen molar-refractivity contribution in [3.05, 3.63) is 64.7 Å². The average Bonchev–Trinajstić information content (AvgIpc) is 2.62. The van der Waals surface area contributed by atoms with Crippen LogP contribution in [0, 0.1) is 0 Å². The van der Waals surface area contributed by atoms with E-state index in [4.69, 9.17) is 16.3 Å². The maximum absolute atomic E-state index is 13.7. The first-order valence-corrected chi connectivity index (χ1v) is 10.5. The van der Waals surface area contributed by atoms with Gasteiger partial charge in [-0.25, -0.2) is 8.42 Å². The summed E-state index contributed by atoms with van der Waals surface area (Å²) in [4.78, 5) is 12.5. The van der Waals surface area contributed by atoms with Crippen molar-refractivity contribution in [1.29, 1.82) is 0 Å². The van der Waals surface area contributed by atoms with Gasteiger partial charge in [-0.05, 0) is 61.6 Å². The molecule has 1 aliphatic carbocycles. The van der Waals surface area contributed by atoms with Crippen LogP contribution in [0.2, 0.25) is 5.02 Å². The number of benzene rings is 2. The topological polar surface area (TPSA) is 60.4 Å². The van der Waals surface area contributed by atoms with Gasteiger partial charge in [0.25, 0.3) is 0 Å². The maximum atomic E-state index is 13.7. The molecular formula is C20H21ClO4S. The molecule has 2 aromatic rings. The van der Waals surface area contributed by atoms with E-state index in [2.05, 4.69) is 0 Å². The Kier molecular flexibility index (Phi) is 5.39. The Bertz CT molecular complexity index is 906. The van der Waals surface area contributed by atoms with Gasteiger partial charge in [0, 0.05) is 5.02 Å². The number of hydrogen-bond donors (Lipinski definition) is 0. The second-order valence-electron chi connectivity index (χ2n) is 6.44. The Balaban J connectivity index is 2.19. The summed E-state index contributed by atoms with van der Waals surface area (Å²) in [5.74, 6) is -0.498. The number of aryl methyl sites for hydroxylation is 1. The highest BCUT2D eigenvalue weighted by Gasteiger charge is 2.50. The Morgan fingerprint density at radius 1 is 1.15 bits per heavy atom. The van der Waals surface area contributed by atoms with Crippen LogP contribution in [-0.4, -0.2) is 21.0 Å². The fourth-order valence-electron chi connectivity index (χ4n) is 3.72. The molecule has 0 spiro atoms. The summed E-state index contributed by atoms with van der Waals surface area (Å²) in [6.07, 6.45) is 1.69. The zero-order valence-corrected chi connectivity index (χ0v) is 16.1. The first-order valence-electron chi connectivity index (χ1n) is 8.65. The number of carbonyl (C=O) groups excluding carboxylic acids is 1. The summed E-state index contributed by atoms with van der Waals surface area (Å²) in [6.45, 7) is 1.94. The van der Waals surface area contributed by atoms with Gasteiger partial charge in [-0.3, -0.25) is 4.79 Å². The predicted octanol–water partition coefficient (Wildman–Crippen LogP) is 4.30. The molecule has 2 aromatic carbocycles. The number of rotatable bonds is 5. The molecule has 6 heteroatoms. The molecule has 0 aliphatic heterocycles. The lowest BCUT2D eigenvalue weighted by Gasteiger charge is -2.38. The number of fused-ring (bicyclic) bond motifs is 1. The van der Waals surface area contributed by atoms with Gasteiger partial charge in [0.1, 0.15) is 4.75 Å². The van der Waals surface area contributed by atoms with Gasteiger partial charge in [-0.1, -0.05) is 35.9 Å². The highest BCUT2D eigenvalue weighted by molar-refractivity contribution is 7.92. The maximum Gasteiger partial charge on any atom is 0.307 e. The molecular weight excluding hydrogens is 372 g/mol. The van der Waals surface area contributed by atoms with E-state index in [0.717, 1.165) is 12.0 Å². The lowest BCUT2D eigenvalue weighted by atomic mass is 9.80. The van der Waals surface area contributed by atoms with Gasteiger partial charge in [-0.2, -0.15) is 0 Å². The summed E-state index contributed by atoms with van der Waals surface area (Å²) in [5, 5.41) is 0.465. The summed E-state index contributed by atoms with van der Waals surface area (Å²) in [5.41, 5.74) is 1.68. The second-order valence-corrected chi connectivity index (χ2v) is 9.14. The van der Waals surface area contributed by atoms with Gasteiger partial charge in [0.2, 0.25) is 0 Å². The van der Waals surface area contributed by atoms with Crippen LogP contribution in [0.15, 0.2) is 53.4 Å². The zero-order chi connectivity index (χ0) is 18.8. The lowest BCUT2D eigenvalue weighted by molar-refractivity contribution is -0.144. The summed E-state index contributed by atoms with van der Waals surface area (Å²) >= 11 is 5.92. The SMILES string of the molecule is CCOC(=O)CC1(S(=O)(=O)c2ccc(Cl)cc2)CCCc2ccccc21. The van der Waals surface area contributed by atoms with E-state index < -0.39 is 20.6 Å². The molecule has 0 N–H and O–H groups in total. The van der Waals surface area contributed by atoms with Crippen LogP contribution in [0.3, 0.4) is 0 Å². The van der Waals surface area contributed by atoms with E-state index in [0.29, 0.717) is 23.4 Å². The Morgan fingerprint density at radius 3 is 2.54 bits per heavy atom. The van der Waals surface area contributed by atoms with Crippen molar-refractivity contribution in [3.63, 3.8) is 0 Å². The highest BCUT2D eigenvalue weighted by atomic mass is 35.5. The minimum atomic E-state index is -3.83. The largest absolute Gasteiger partial charge is 0.466 e. The molecule has 0 heterocycles. The van der Waals surface area contributed by atoms with Crippen molar-refractivity contribution in [1.82, 2.24) is 0 Å². The number of halogens is 1. The monoisotopic (exact) mass is 392 g/mol. The fraction of sp³-hybridized carbons (Fsp3) is 0.350. The van der Waals surface area contributed by atoms with E-state index in [1.54, 1.807) is 19.1 Å². The molecule has 4 nitrogen and oxygen atoms in total. The molecule has 0 saturated carbocycles. The normalized spacial score (nSPS) is 19.6. The summed E-state index contributed by atoms with van der Waals surface area (Å²) < 4.78 is 31.1. The molecule has 0 radical (unpaired) electrons. The standard InChI is InChI=1S/C20H21ClO4S/c1-2-25-19(22)14-20(13-5-7-15-6-3-4-8-18(15)20)26(23,24)17-11-9-16(21)10-12-17/h3-4,6,8-12H,2,5,7,13-14H2,1H3. The van der Waals surface area contributed by atoms with E-state index in [-0.39, 0.29) is 17.9 Å². The highest BCUT2D eigenvalue weighted by Crippen LogP contribution is 2.47. The van der Waals surface area contributed by atoms with Crippen molar-refractivity contribution >= 4 is 27.4 Å². The first kappa shape index (κ1) is 18.9. The Morgan fingerprint density at radius 2 is 1.85 bits per heavy atom. The number of hydrogen-bond acceptors (Lipinski definition) is 4. The molecule has 0 bridgehead atoms. The van der Waals surface area contributed by atoms with E-state index in [1.807, 2.05) is 24.3 Å². The predicted molar refractivity (Wildman–Crippen MR) is 101 cm³/mol. The molecule has 0 aromatic heterocycles. The van der Waals surface area contributed by atoms with Crippen molar-refractivity contribution in [2.24, 2.45) is 0 Å². The molecule has 0 fully saturated rings. The minimum absolute atomic E-state index is 0.169. The zero-order valence-electron chi connectivity index (χ0n) is 14.6. The number of sulfone groups is 1. The van der Waals surface area contributed by atoms with Crippen LogP contribution >= 0.6 is 11.6 Å². The van der Waals surface area contributed by atoms with Crippen LogP contribution in [0.5, 0.6) is 0 Å². The van der Waals surface area contributed by atoms with Gasteiger partial charge < -0.3 is 4.74 Å². The molecule has 26 heavy (non-hydrogen) atoms. The Labute approximate surface area is 159 Å². The Hall–Kier alpha value is -1.85. The summed E-state index contributed by atoms with van der Waals surface area (Å²) in [7, 11) is -3.83. The van der Waals surface area contributed by atoms with E-state index in [1.165, 1.54) is 12.1 Å². The molecule has 0 saturated heterocycles. The molecule has 3 rings (SSSR count). The second kappa shape index (κ2) is 7.41. The molecule has 1 atom stereocenters. The number of carbonyl (C=O) groups is 1. The van der Waals surface area contributed by atoms with Crippen molar-refractivity contribution in [2.45, 2.75) is 42.2 Å². The smallest absolute Gasteiger partial charge is 0.307 e. The van der Waals surface area contributed by atoms with Crippen molar-refractivity contribution < 1.29 is 17.9 Å². The lowest BCUT2D eigenvalue weighted by Crippen LogP contribution is -2.41. The molecule has 1 aliphatic rings. The van der Waals surface area contributed by atoms with Crippen LogP contribution in [0.4, 0.5) is 0 Å². The molecule has 1 unspecified atom stereocenters. The van der Waals surface area contributed by atoms with Crippen LogP contribution in [0.25, 0.3) is 0 Å². The van der Waals surface area contributed by atoms with Gasteiger partial charge in [-0.15, -0.1) is 0 Å². The quantitative estimate of drug-likeness (QED) is 0.712.